The number of hydrogen-bond donors (Lipinski definition) is 2. The van der Waals surface area contributed by atoms with E-state index in [2.05, 4.69) is 11.9 Å². The van der Waals surface area contributed by atoms with Crippen LogP contribution >= 0.6 is 0 Å². The molecule has 1 amide bonds. The van der Waals surface area contributed by atoms with E-state index in [4.69, 9.17) is 5.73 Å². The van der Waals surface area contributed by atoms with Crippen molar-refractivity contribution < 1.29 is 9.18 Å². The van der Waals surface area contributed by atoms with Gasteiger partial charge in [-0.3, -0.25) is 4.79 Å². The van der Waals surface area contributed by atoms with Crippen LogP contribution in [0.5, 0.6) is 0 Å². The van der Waals surface area contributed by atoms with Crippen molar-refractivity contribution in [2.45, 2.75) is 19.4 Å². The van der Waals surface area contributed by atoms with Gasteiger partial charge < -0.3 is 11.1 Å². The molecular formula is C12H15FN2O. The van der Waals surface area contributed by atoms with Crippen molar-refractivity contribution in [1.29, 1.82) is 0 Å². The van der Waals surface area contributed by atoms with Gasteiger partial charge in [-0.1, -0.05) is 6.08 Å². The van der Waals surface area contributed by atoms with Crippen LogP contribution in [0, 0.1) is 5.82 Å². The van der Waals surface area contributed by atoms with E-state index in [1.807, 2.05) is 6.92 Å². The summed E-state index contributed by atoms with van der Waals surface area (Å²) in [5.41, 5.74) is 5.82. The van der Waals surface area contributed by atoms with Gasteiger partial charge in [0, 0.05) is 11.7 Å². The lowest BCUT2D eigenvalue weighted by atomic mass is 10.1. The highest BCUT2D eigenvalue weighted by molar-refractivity contribution is 5.95. The van der Waals surface area contributed by atoms with Gasteiger partial charge in [-0.05, 0) is 31.5 Å². The lowest BCUT2D eigenvalue weighted by Gasteiger charge is -2.12. The van der Waals surface area contributed by atoms with E-state index in [9.17, 15) is 9.18 Å². The molecule has 0 aliphatic heterocycles. The minimum absolute atomic E-state index is 0.0316. The molecule has 3 N–H and O–H groups in total. The smallest absolute Gasteiger partial charge is 0.254 e. The Morgan fingerprint density at radius 2 is 2.38 bits per heavy atom. The fraction of sp³-hybridized carbons (Fsp3) is 0.250. The third-order valence-corrected chi connectivity index (χ3v) is 2.13. The predicted octanol–water partition coefficient (Wildman–Crippen LogP) is 2.10. The number of benzene rings is 1. The monoisotopic (exact) mass is 222 g/mol. The molecule has 0 aliphatic carbocycles. The molecule has 86 valence electrons. The second-order valence-electron chi connectivity index (χ2n) is 3.64. The lowest BCUT2D eigenvalue weighted by Crippen LogP contribution is -2.32. The molecule has 1 unspecified atom stereocenters. The van der Waals surface area contributed by atoms with Crippen molar-refractivity contribution in [2.75, 3.05) is 5.73 Å². The van der Waals surface area contributed by atoms with Gasteiger partial charge in [0.15, 0.2) is 0 Å². The largest absolute Gasteiger partial charge is 0.399 e. The summed E-state index contributed by atoms with van der Waals surface area (Å²) in [5, 5.41) is 2.66. The van der Waals surface area contributed by atoms with Gasteiger partial charge in [0.2, 0.25) is 0 Å². The zero-order chi connectivity index (χ0) is 12.1. The average Bonchev–Trinajstić information content (AvgIpc) is 2.21. The fourth-order valence-corrected chi connectivity index (χ4v) is 1.33. The maximum absolute atomic E-state index is 13.3. The number of carbonyl (C=O) groups excluding carboxylic acids is 1. The van der Waals surface area contributed by atoms with E-state index in [1.54, 1.807) is 6.08 Å². The highest BCUT2D eigenvalue weighted by Gasteiger charge is 2.13. The Morgan fingerprint density at radius 3 is 3.00 bits per heavy atom. The highest BCUT2D eigenvalue weighted by Crippen LogP contribution is 2.12. The summed E-state index contributed by atoms with van der Waals surface area (Å²) in [5.74, 6) is -1.03. The standard InChI is InChI=1S/C12H15FN2O/c1-3-4-8(2)15-12(16)10-7-9(14)5-6-11(10)13/h3,5-8H,1,4,14H2,2H3,(H,15,16). The molecule has 0 aromatic heterocycles. The first-order valence-corrected chi connectivity index (χ1v) is 5.01. The molecular weight excluding hydrogens is 207 g/mol. The molecule has 0 saturated heterocycles. The summed E-state index contributed by atoms with van der Waals surface area (Å²) >= 11 is 0. The van der Waals surface area contributed by atoms with Crippen LogP contribution in [-0.4, -0.2) is 11.9 Å². The zero-order valence-corrected chi connectivity index (χ0v) is 9.16. The molecule has 0 heterocycles. The normalized spacial score (nSPS) is 11.9. The number of nitrogen functional groups attached to an aromatic ring is 1. The molecule has 3 nitrogen and oxygen atoms in total. The van der Waals surface area contributed by atoms with Crippen molar-refractivity contribution in [3.8, 4) is 0 Å². The molecule has 1 aromatic rings. The molecule has 0 bridgehead atoms. The molecule has 16 heavy (non-hydrogen) atoms. The number of amides is 1. The van der Waals surface area contributed by atoms with Gasteiger partial charge in [0.05, 0.1) is 5.56 Å². The van der Waals surface area contributed by atoms with E-state index in [1.165, 1.54) is 18.2 Å². The van der Waals surface area contributed by atoms with Crippen LogP contribution in [0.3, 0.4) is 0 Å². The van der Waals surface area contributed by atoms with Gasteiger partial charge in [0.25, 0.3) is 5.91 Å². The Morgan fingerprint density at radius 1 is 1.69 bits per heavy atom. The number of nitrogens with two attached hydrogens (primary N) is 1. The Balaban J connectivity index is 2.80. The zero-order valence-electron chi connectivity index (χ0n) is 9.16. The molecule has 0 fully saturated rings. The summed E-state index contributed by atoms with van der Waals surface area (Å²) in [4.78, 5) is 11.7. The van der Waals surface area contributed by atoms with Gasteiger partial charge >= 0.3 is 0 Å². The number of carbonyl (C=O) groups is 1. The quantitative estimate of drug-likeness (QED) is 0.605. The summed E-state index contributed by atoms with van der Waals surface area (Å²) in [7, 11) is 0. The number of rotatable bonds is 4. The molecule has 1 atom stereocenters. The summed E-state index contributed by atoms with van der Waals surface area (Å²) in [6, 6.07) is 3.85. The van der Waals surface area contributed by atoms with E-state index < -0.39 is 11.7 Å². The Hall–Kier alpha value is -1.84. The molecule has 4 heteroatoms. The van der Waals surface area contributed by atoms with Gasteiger partial charge in [-0.25, -0.2) is 4.39 Å². The van der Waals surface area contributed by atoms with Gasteiger partial charge in [-0.2, -0.15) is 0 Å². The first kappa shape index (κ1) is 12.2. The van der Waals surface area contributed by atoms with E-state index in [-0.39, 0.29) is 11.6 Å². The van der Waals surface area contributed by atoms with E-state index >= 15 is 0 Å². The number of halogens is 1. The highest BCUT2D eigenvalue weighted by atomic mass is 19.1. The third-order valence-electron chi connectivity index (χ3n) is 2.13. The Labute approximate surface area is 94.1 Å². The molecule has 0 aliphatic rings. The van der Waals surface area contributed by atoms with E-state index in [0.717, 1.165) is 0 Å². The fourth-order valence-electron chi connectivity index (χ4n) is 1.33. The number of hydrogen-bond acceptors (Lipinski definition) is 2. The van der Waals surface area contributed by atoms with Gasteiger partial charge in [-0.15, -0.1) is 6.58 Å². The minimum Gasteiger partial charge on any atom is -0.399 e. The second kappa shape index (κ2) is 5.30. The average molecular weight is 222 g/mol. The van der Waals surface area contributed by atoms with Crippen molar-refractivity contribution in [3.05, 3.63) is 42.2 Å². The number of nitrogens with one attached hydrogen (secondary N) is 1. The van der Waals surface area contributed by atoms with Crippen LogP contribution in [0.2, 0.25) is 0 Å². The Kier molecular flexibility index (Phi) is 4.05. The lowest BCUT2D eigenvalue weighted by molar-refractivity contribution is 0.0936. The van der Waals surface area contributed by atoms with Crippen LogP contribution in [0.1, 0.15) is 23.7 Å². The van der Waals surface area contributed by atoms with Crippen LogP contribution in [0.15, 0.2) is 30.9 Å². The SMILES string of the molecule is C=CCC(C)NC(=O)c1cc(N)ccc1F. The molecule has 0 spiro atoms. The summed E-state index contributed by atoms with van der Waals surface area (Å²) in [6.07, 6.45) is 2.33. The van der Waals surface area contributed by atoms with Crippen LogP contribution in [0.4, 0.5) is 10.1 Å². The van der Waals surface area contributed by atoms with E-state index in [0.29, 0.717) is 12.1 Å². The predicted molar refractivity (Wildman–Crippen MR) is 62.6 cm³/mol. The minimum atomic E-state index is -0.572. The summed E-state index contributed by atoms with van der Waals surface area (Å²) in [6.45, 7) is 5.39. The molecule has 0 radical (unpaired) electrons. The van der Waals surface area contributed by atoms with Crippen molar-refractivity contribution in [3.63, 3.8) is 0 Å². The van der Waals surface area contributed by atoms with Crippen LogP contribution in [0.25, 0.3) is 0 Å². The second-order valence-corrected chi connectivity index (χ2v) is 3.64. The van der Waals surface area contributed by atoms with Crippen LogP contribution < -0.4 is 11.1 Å². The van der Waals surface area contributed by atoms with Crippen molar-refractivity contribution in [2.24, 2.45) is 0 Å². The molecule has 1 aromatic carbocycles. The maximum atomic E-state index is 13.3. The first-order valence-electron chi connectivity index (χ1n) is 5.01. The van der Waals surface area contributed by atoms with Crippen molar-refractivity contribution >= 4 is 11.6 Å². The topological polar surface area (TPSA) is 55.1 Å². The first-order chi connectivity index (χ1) is 7.54. The van der Waals surface area contributed by atoms with Gasteiger partial charge in [0.1, 0.15) is 5.82 Å². The third kappa shape index (κ3) is 3.08. The maximum Gasteiger partial charge on any atom is 0.254 e. The molecule has 0 saturated carbocycles. The molecule has 1 rings (SSSR count). The van der Waals surface area contributed by atoms with Crippen molar-refractivity contribution in [1.82, 2.24) is 5.32 Å². The summed E-state index contributed by atoms with van der Waals surface area (Å²) < 4.78 is 13.3. The van der Waals surface area contributed by atoms with Crippen LogP contribution in [-0.2, 0) is 0 Å². The Bertz CT molecular complexity index is 404. The number of anilines is 1.